The molecular formula is C14H19N3O2S. The average Bonchev–Trinajstić information content (AvgIpc) is 2.91. The number of nitrogens with one attached hydrogen (secondary N) is 2. The molecule has 0 radical (unpaired) electrons. The first kappa shape index (κ1) is 15.0. The highest BCUT2D eigenvalue weighted by Crippen LogP contribution is 2.10. The SMILES string of the molecule is N#Cc1cccc(CS(=O)(=O)NCCC2CCCN2)c1. The van der Waals surface area contributed by atoms with Crippen molar-refractivity contribution in [3.8, 4) is 6.07 Å². The normalized spacial score (nSPS) is 18.9. The largest absolute Gasteiger partial charge is 0.314 e. The Morgan fingerprint density at radius 1 is 1.45 bits per heavy atom. The van der Waals surface area contributed by atoms with Crippen molar-refractivity contribution < 1.29 is 8.42 Å². The van der Waals surface area contributed by atoms with E-state index in [1.807, 2.05) is 6.07 Å². The van der Waals surface area contributed by atoms with E-state index in [2.05, 4.69) is 10.0 Å². The number of nitrogens with zero attached hydrogens (tertiary/aromatic N) is 1. The van der Waals surface area contributed by atoms with E-state index in [1.165, 1.54) is 6.42 Å². The minimum Gasteiger partial charge on any atom is -0.314 e. The highest BCUT2D eigenvalue weighted by molar-refractivity contribution is 7.88. The summed E-state index contributed by atoms with van der Waals surface area (Å²) in [7, 11) is -3.34. The van der Waals surface area contributed by atoms with Crippen LogP contribution in [0.25, 0.3) is 0 Å². The summed E-state index contributed by atoms with van der Waals surface area (Å²) in [4.78, 5) is 0. The zero-order valence-electron chi connectivity index (χ0n) is 11.3. The first-order chi connectivity index (χ1) is 9.59. The van der Waals surface area contributed by atoms with Gasteiger partial charge in [-0.2, -0.15) is 5.26 Å². The van der Waals surface area contributed by atoms with Gasteiger partial charge in [-0.25, -0.2) is 13.1 Å². The predicted octanol–water partition coefficient (Wildman–Crippen LogP) is 1.12. The summed E-state index contributed by atoms with van der Waals surface area (Å²) < 4.78 is 26.5. The summed E-state index contributed by atoms with van der Waals surface area (Å²) in [5, 5.41) is 12.1. The topological polar surface area (TPSA) is 82.0 Å². The Morgan fingerprint density at radius 2 is 2.30 bits per heavy atom. The summed E-state index contributed by atoms with van der Waals surface area (Å²) in [6.07, 6.45) is 3.10. The quantitative estimate of drug-likeness (QED) is 0.823. The first-order valence-corrected chi connectivity index (χ1v) is 8.44. The minimum absolute atomic E-state index is 0.0827. The second-order valence-electron chi connectivity index (χ2n) is 5.05. The van der Waals surface area contributed by atoms with Crippen LogP contribution in [0.4, 0.5) is 0 Å². The summed E-state index contributed by atoms with van der Waals surface area (Å²) >= 11 is 0. The van der Waals surface area contributed by atoms with Crippen molar-refractivity contribution in [3.05, 3.63) is 35.4 Å². The predicted molar refractivity (Wildman–Crippen MR) is 77.4 cm³/mol. The van der Waals surface area contributed by atoms with Crippen LogP contribution in [0.5, 0.6) is 0 Å². The second kappa shape index (κ2) is 6.84. The first-order valence-electron chi connectivity index (χ1n) is 6.79. The van der Waals surface area contributed by atoms with E-state index in [0.29, 0.717) is 23.7 Å². The fourth-order valence-electron chi connectivity index (χ4n) is 2.39. The molecular weight excluding hydrogens is 274 g/mol. The Hall–Kier alpha value is -1.42. The van der Waals surface area contributed by atoms with Gasteiger partial charge in [0.2, 0.25) is 10.0 Å². The third kappa shape index (κ3) is 4.60. The van der Waals surface area contributed by atoms with E-state index >= 15 is 0 Å². The molecule has 0 aliphatic carbocycles. The molecule has 1 heterocycles. The molecule has 1 aromatic rings. The molecule has 1 saturated heterocycles. The lowest BCUT2D eigenvalue weighted by Gasteiger charge is -2.11. The molecule has 0 amide bonds. The second-order valence-corrected chi connectivity index (χ2v) is 6.85. The maximum absolute atomic E-state index is 12.0. The molecule has 1 atom stereocenters. The van der Waals surface area contributed by atoms with E-state index in [4.69, 9.17) is 5.26 Å². The molecule has 20 heavy (non-hydrogen) atoms. The van der Waals surface area contributed by atoms with Crippen LogP contribution >= 0.6 is 0 Å². The maximum Gasteiger partial charge on any atom is 0.215 e. The van der Waals surface area contributed by atoms with Crippen molar-refractivity contribution >= 4 is 10.0 Å². The van der Waals surface area contributed by atoms with Crippen LogP contribution in [0.1, 0.15) is 30.4 Å². The molecule has 0 saturated carbocycles. The molecule has 1 aliphatic rings. The van der Waals surface area contributed by atoms with Gasteiger partial charge in [0.05, 0.1) is 17.4 Å². The Morgan fingerprint density at radius 3 is 3.00 bits per heavy atom. The van der Waals surface area contributed by atoms with Crippen molar-refractivity contribution in [1.29, 1.82) is 5.26 Å². The van der Waals surface area contributed by atoms with Crippen LogP contribution in [-0.4, -0.2) is 27.5 Å². The molecule has 2 rings (SSSR count). The molecule has 0 aromatic heterocycles. The lowest BCUT2D eigenvalue weighted by Crippen LogP contribution is -2.31. The van der Waals surface area contributed by atoms with Gasteiger partial charge in [0, 0.05) is 12.6 Å². The fourth-order valence-corrected chi connectivity index (χ4v) is 3.54. The number of hydrogen-bond acceptors (Lipinski definition) is 4. The summed E-state index contributed by atoms with van der Waals surface area (Å²) in [6, 6.07) is 9.13. The Bertz CT molecular complexity index is 587. The van der Waals surface area contributed by atoms with Crippen LogP contribution in [0, 0.1) is 11.3 Å². The molecule has 6 heteroatoms. The van der Waals surface area contributed by atoms with E-state index < -0.39 is 10.0 Å². The van der Waals surface area contributed by atoms with Gasteiger partial charge in [-0.15, -0.1) is 0 Å². The summed E-state index contributed by atoms with van der Waals surface area (Å²) in [6.45, 7) is 1.48. The van der Waals surface area contributed by atoms with Crippen LogP contribution < -0.4 is 10.0 Å². The molecule has 5 nitrogen and oxygen atoms in total. The van der Waals surface area contributed by atoms with Crippen LogP contribution in [-0.2, 0) is 15.8 Å². The highest BCUT2D eigenvalue weighted by atomic mass is 32.2. The van der Waals surface area contributed by atoms with Crippen molar-refractivity contribution in [1.82, 2.24) is 10.0 Å². The van der Waals surface area contributed by atoms with E-state index in [1.54, 1.807) is 24.3 Å². The Kier molecular flexibility index (Phi) is 5.12. The van der Waals surface area contributed by atoms with Crippen LogP contribution in [0.15, 0.2) is 24.3 Å². The molecule has 1 fully saturated rings. The van der Waals surface area contributed by atoms with Crippen molar-refractivity contribution in [2.45, 2.75) is 31.1 Å². The van der Waals surface area contributed by atoms with E-state index in [0.717, 1.165) is 19.4 Å². The van der Waals surface area contributed by atoms with Gasteiger partial charge in [-0.1, -0.05) is 12.1 Å². The van der Waals surface area contributed by atoms with E-state index in [9.17, 15) is 8.42 Å². The van der Waals surface area contributed by atoms with Crippen molar-refractivity contribution in [2.75, 3.05) is 13.1 Å². The molecule has 108 valence electrons. The van der Waals surface area contributed by atoms with Gasteiger partial charge in [0.25, 0.3) is 0 Å². The molecule has 0 bridgehead atoms. The lowest BCUT2D eigenvalue weighted by molar-refractivity contribution is 0.539. The van der Waals surface area contributed by atoms with Crippen LogP contribution in [0.2, 0.25) is 0 Å². The Labute approximate surface area is 120 Å². The zero-order chi connectivity index (χ0) is 14.4. The average molecular weight is 293 g/mol. The number of benzene rings is 1. The lowest BCUT2D eigenvalue weighted by atomic mass is 10.2. The fraction of sp³-hybridized carbons (Fsp3) is 0.500. The van der Waals surface area contributed by atoms with Crippen LogP contribution in [0.3, 0.4) is 0 Å². The molecule has 0 spiro atoms. The number of nitriles is 1. The number of hydrogen-bond donors (Lipinski definition) is 2. The zero-order valence-corrected chi connectivity index (χ0v) is 12.1. The molecule has 1 aliphatic heterocycles. The monoisotopic (exact) mass is 293 g/mol. The number of sulfonamides is 1. The summed E-state index contributed by atoms with van der Waals surface area (Å²) in [5.41, 5.74) is 1.11. The third-order valence-electron chi connectivity index (χ3n) is 3.39. The molecule has 1 unspecified atom stereocenters. The van der Waals surface area contributed by atoms with Gasteiger partial charge in [-0.3, -0.25) is 0 Å². The standard InChI is InChI=1S/C14H19N3O2S/c15-10-12-3-1-4-13(9-12)11-20(18,19)17-8-6-14-5-2-7-16-14/h1,3-4,9,14,16-17H,2,5-8,11H2. The van der Waals surface area contributed by atoms with E-state index in [-0.39, 0.29) is 5.75 Å². The molecule has 2 N–H and O–H groups in total. The van der Waals surface area contributed by atoms with Gasteiger partial charge in [0.1, 0.15) is 0 Å². The number of rotatable bonds is 6. The van der Waals surface area contributed by atoms with Gasteiger partial charge < -0.3 is 5.32 Å². The van der Waals surface area contributed by atoms with Gasteiger partial charge in [-0.05, 0) is 43.5 Å². The third-order valence-corrected chi connectivity index (χ3v) is 4.75. The molecule has 1 aromatic carbocycles. The summed E-state index contributed by atoms with van der Waals surface area (Å²) in [5.74, 6) is -0.0827. The highest BCUT2D eigenvalue weighted by Gasteiger charge is 2.16. The van der Waals surface area contributed by atoms with Crippen molar-refractivity contribution in [2.24, 2.45) is 0 Å². The van der Waals surface area contributed by atoms with Gasteiger partial charge in [0.15, 0.2) is 0 Å². The smallest absolute Gasteiger partial charge is 0.215 e. The minimum atomic E-state index is -3.34. The van der Waals surface area contributed by atoms with Gasteiger partial charge >= 0.3 is 0 Å². The maximum atomic E-state index is 12.0. The Balaban J connectivity index is 1.85. The van der Waals surface area contributed by atoms with Crippen molar-refractivity contribution in [3.63, 3.8) is 0 Å².